The summed E-state index contributed by atoms with van der Waals surface area (Å²) in [5.74, 6) is -1.22. The van der Waals surface area contributed by atoms with Crippen molar-refractivity contribution >= 4 is 17.6 Å². The van der Waals surface area contributed by atoms with Crippen molar-refractivity contribution < 1.29 is 14.7 Å². The molecule has 6 heteroatoms. The van der Waals surface area contributed by atoms with Gasteiger partial charge in [-0.1, -0.05) is 42.5 Å². The van der Waals surface area contributed by atoms with Crippen LogP contribution in [0.5, 0.6) is 0 Å². The van der Waals surface area contributed by atoms with Crippen molar-refractivity contribution in [1.29, 1.82) is 0 Å². The number of benzene rings is 2. The van der Waals surface area contributed by atoms with Gasteiger partial charge in [0.05, 0.1) is 0 Å². The first kappa shape index (κ1) is 20.9. The number of rotatable bonds is 8. The van der Waals surface area contributed by atoms with Crippen LogP contribution in [0.15, 0.2) is 54.6 Å². The van der Waals surface area contributed by atoms with Gasteiger partial charge in [0.15, 0.2) is 0 Å². The van der Waals surface area contributed by atoms with Gasteiger partial charge >= 0.3 is 5.97 Å². The first-order valence-corrected chi connectivity index (χ1v) is 10.1. The van der Waals surface area contributed by atoms with E-state index in [0.717, 1.165) is 31.7 Å². The number of carbonyl (C=O) groups excluding carboxylic acids is 1. The average molecular weight is 396 g/mol. The SMILES string of the molecule is Cc1cccc(N2CCN(CCC(=O)N[C@@H](Cc3ccccc3)C(=O)O)CC2)c1. The van der Waals surface area contributed by atoms with Crippen molar-refractivity contribution in [2.24, 2.45) is 0 Å². The van der Waals surface area contributed by atoms with Crippen LogP contribution in [0.1, 0.15) is 17.5 Å². The number of hydrogen-bond acceptors (Lipinski definition) is 4. The van der Waals surface area contributed by atoms with Gasteiger partial charge in [0.2, 0.25) is 5.91 Å². The van der Waals surface area contributed by atoms with Crippen molar-refractivity contribution in [2.75, 3.05) is 37.6 Å². The maximum Gasteiger partial charge on any atom is 0.326 e. The van der Waals surface area contributed by atoms with Crippen LogP contribution in [0.25, 0.3) is 0 Å². The summed E-state index contributed by atoms with van der Waals surface area (Å²) in [5.41, 5.74) is 3.39. The Bertz CT molecular complexity index is 817. The fourth-order valence-corrected chi connectivity index (χ4v) is 3.63. The summed E-state index contributed by atoms with van der Waals surface area (Å²) >= 11 is 0. The number of hydrogen-bond donors (Lipinski definition) is 2. The highest BCUT2D eigenvalue weighted by Gasteiger charge is 2.22. The van der Waals surface area contributed by atoms with Crippen LogP contribution in [0, 0.1) is 6.92 Å². The Labute approximate surface area is 172 Å². The topological polar surface area (TPSA) is 72.9 Å². The van der Waals surface area contributed by atoms with E-state index in [-0.39, 0.29) is 12.3 Å². The second kappa shape index (κ2) is 10.1. The molecule has 1 saturated heterocycles. The number of aliphatic carboxylic acids is 1. The zero-order valence-corrected chi connectivity index (χ0v) is 16.9. The monoisotopic (exact) mass is 395 g/mol. The van der Waals surface area contributed by atoms with Crippen LogP contribution in [0.4, 0.5) is 5.69 Å². The van der Waals surface area contributed by atoms with E-state index < -0.39 is 12.0 Å². The molecule has 0 radical (unpaired) electrons. The molecule has 0 aliphatic carbocycles. The predicted octanol–water partition coefficient (Wildman–Crippen LogP) is 2.32. The van der Waals surface area contributed by atoms with Gasteiger partial charge in [0, 0.05) is 51.3 Å². The summed E-state index contributed by atoms with van der Waals surface area (Å²) in [4.78, 5) is 28.4. The first-order chi connectivity index (χ1) is 14.0. The molecule has 0 unspecified atom stereocenters. The van der Waals surface area contributed by atoms with Gasteiger partial charge in [0.25, 0.3) is 0 Å². The summed E-state index contributed by atoms with van der Waals surface area (Å²) in [7, 11) is 0. The number of carboxylic acids is 1. The second-order valence-electron chi connectivity index (χ2n) is 7.57. The molecule has 1 aliphatic heterocycles. The number of carbonyl (C=O) groups is 2. The standard InChI is InChI=1S/C23H29N3O3/c1-18-6-5-9-20(16-18)26-14-12-25(13-15-26)11-10-22(27)24-21(23(28)29)17-19-7-3-2-4-8-19/h2-9,16,21H,10-15,17H2,1H3,(H,24,27)(H,28,29)/t21-/m0/s1. The normalized spacial score (nSPS) is 15.7. The van der Waals surface area contributed by atoms with Crippen molar-refractivity contribution in [3.8, 4) is 0 Å². The predicted molar refractivity (Wildman–Crippen MR) is 114 cm³/mol. The number of nitrogens with one attached hydrogen (secondary N) is 1. The molecule has 3 rings (SSSR count). The van der Waals surface area contributed by atoms with Crippen molar-refractivity contribution in [1.82, 2.24) is 10.2 Å². The molecule has 1 atom stereocenters. The minimum atomic E-state index is -1.01. The second-order valence-corrected chi connectivity index (χ2v) is 7.57. The molecule has 1 fully saturated rings. The lowest BCUT2D eigenvalue weighted by Crippen LogP contribution is -2.48. The third-order valence-corrected chi connectivity index (χ3v) is 5.31. The lowest BCUT2D eigenvalue weighted by Gasteiger charge is -2.36. The fourth-order valence-electron chi connectivity index (χ4n) is 3.63. The number of piperazine rings is 1. The Morgan fingerprint density at radius 2 is 1.76 bits per heavy atom. The average Bonchev–Trinajstić information content (AvgIpc) is 2.73. The van der Waals surface area contributed by atoms with Crippen LogP contribution >= 0.6 is 0 Å². The van der Waals surface area contributed by atoms with E-state index in [4.69, 9.17) is 0 Å². The van der Waals surface area contributed by atoms with E-state index in [9.17, 15) is 14.7 Å². The van der Waals surface area contributed by atoms with E-state index in [1.165, 1.54) is 11.3 Å². The van der Waals surface area contributed by atoms with E-state index in [2.05, 4.69) is 46.3 Å². The molecular formula is C23H29N3O3. The van der Waals surface area contributed by atoms with Gasteiger partial charge in [-0.05, 0) is 30.2 Å². The number of amides is 1. The van der Waals surface area contributed by atoms with Gasteiger partial charge in [-0.2, -0.15) is 0 Å². The molecule has 0 aromatic heterocycles. The molecular weight excluding hydrogens is 366 g/mol. The highest BCUT2D eigenvalue weighted by Crippen LogP contribution is 2.17. The van der Waals surface area contributed by atoms with E-state index in [0.29, 0.717) is 13.0 Å². The van der Waals surface area contributed by atoms with E-state index in [1.54, 1.807) is 0 Å². The number of carboxylic acid groups (broad SMARTS) is 1. The minimum absolute atomic E-state index is 0.213. The van der Waals surface area contributed by atoms with Crippen LogP contribution < -0.4 is 10.2 Å². The molecule has 0 spiro atoms. The van der Waals surface area contributed by atoms with Gasteiger partial charge in [-0.25, -0.2) is 4.79 Å². The molecule has 154 valence electrons. The molecule has 2 aromatic rings. The number of aryl methyl sites for hydroxylation is 1. The molecule has 2 N–H and O–H groups in total. The first-order valence-electron chi connectivity index (χ1n) is 10.1. The van der Waals surface area contributed by atoms with Crippen molar-refractivity contribution in [3.05, 3.63) is 65.7 Å². The fraction of sp³-hybridized carbons (Fsp3) is 0.391. The Balaban J connectivity index is 1.42. The molecule has 1 amide bonds. The maximum atomic E-state index is 12.3. The van der Waals surface area contributed by atoms with Gasteiger partial charge in [0.1, 0.15) is 6.04 Å². The van der Waals surface area contributed by atoms with Gasteiger partial charge in [-0.15, -0.1) is 0 Å². The molecule has 2 aromatic carbocycles. The Hall–Kier alpha value is -2.86. The Morgan fingerprint density at radius 1 is 1.03 bits per heavy atom. The minimum Gasteiger partial charge on any atom is -0.480 e. The van der Waals surface area contributed by atoms with Crippen molar-refractivity contribution in [3.63, 3.8) is 0 Å². The highest BCUT2D eigenvalue weighted by atomic mass is 16.4. The summed E-state index contributed by atoms with van der Waals surface area (Å²) in [6.07, 6.45) is 0.597. The summed E-state index contributed by atoms with van der Waals surface area (Å²) < 4.78 is 0. The van der Waals surface area contributed by atoms with E-state index >= 15 is 0 Å². The summed E-state index contributed by atoms with van der Waals surface area (Å²) in [6.45, 7) is 6.39. The molecule has 1 aliphatic rings. The smallest absolute Gasteiger partial charge is 0.326 e. The Morgan fingerprint density at radius 3 is 2.41 bits per heavy atom. The zero-order chi connectivity index (χ0) is 20.6. The quantitative estimate of drug-likeness (QED) is 0.718. The van der Waals surface area contributed by atoms with Crippen LogP contribution in [-0.2, 0) is 16.0 Å². The lowest BCUT2D eigenvalue weighted by atomic mass is 10.1. The maximum absolute atomic E-state index is 12.3. The van der Waals surface area contributed by atoms with E-state index in [1.807, 2.05) is 30.3 Å². The van der Waals surface area contributed by atoms with Crippen LogP contribution in [-0.4, -0.2) is 60.6 Å². The zero-order valence-electron chi connectivity index (χ0n) is 16.9. The van der Waals surface area contributed by atoms with Crippen LogP contribution in [0.2, 0.25) is 0 Å². The Kier molecular flexibility index (Phi) is 7.25. The molecule has 29 heavy (non-hydrogen) atoms. The molecule has 1 heterocycles. The molecule has 0 bridgehead atoms. The highest BCUT2D eigenvalue weighted by molar-refractivity contribution is 5.83. The van der Waals surface area contributed by atoms with Gasteiger partial charge < -0.3 is 15.3 Å². The lowest BCUT2D eigenvalue weighted by molar-refractivity contribution is -0.141. The molecule has 6 nitrogen and oxygen atoms in total. The summed E-state index contributed by atoms with van der Waals surface area (Å²) in [6, 6.07) is 17.0. The third kappa shape index (κ3) is 6.32. The largest absolute Gasteiger partial charge is 0.480 e. The van der Waals surface area contributed by atoms with Crippen molar-refractivity contribution in [2.45, 2.75) is 25.8 Å². The number of nitrogens with zero attached hydrogens (tertiary/aromatic N) is 2. The van der Waals surface area contributed by atoms with Gasteiger partial charge in [-0.3, -0.25) is 9.69 Å². The van der Waals surface area contributed by atoms with Crippen LogP contribution in [0.3, 0.4) is 0 Å². The number of anilines is 1. The molecule has 0 saturated carbocycles. The third-order valence-electron chi connectivity index (χ3n) is 5.31. The summed E-state index contributed by atoms with van der Waals surface area (Å²) in [5, 5.41) is 12.1.